The van der Waals surface area contributed by atoms with E-state index in [1.54, 1.807) is 0 Å². The first kappa shape index (κ1) is 15.1. The molecule has 1 heterocycles. The van der Waals surface area contributed by atoms with Crippen molar-refractivity contribution in [2.24, 2.45) is 0 Å². The topological polar surface area (TPSA) is 50.7 Å². The molecule has 0 saturated heterocycles. The van der Waals surface area contributed by atoms with E-state index in [9.17, 15) is 5.11 Å². The third kappa shape index (κ3) is 4.69. The van der Waals surface area contributed by atoms with Crippen LogP contribution in [0.2, 0.25) is 0 Å². The lowest BCUT2D eigenvalue weighted by atomic mass is 10.1. The van der Waals surface area contributed by atoms with Gasteiger partial charge in [-0.25, -0.2) is 0 Å². The number of aliphatic hydroxyl groups is 1. The number of hydrogen-bond donors (Lipinski definition) is 2. The molecule has 1 atom stereocenters. The normalized spacial score (nSPS) is 16.2. The minimum absolute atomic E-state index is 0.000635. The van der Waals surface area contributed by atoms with Gasteiger partial charge in [-0.05, 0) is 45.2 Å². The standard InChI is InChI=1S/C16H25NO3/c1-16(2,3)17-10-13(18)11-20-14-7-6-12-5-4-8-19-15(12)9-14/h6-7,9,13,17-18H,4-5,8,10-11H2,1-3H3. The van der Waals surface area contributed by atoms with Crippen LogP contribution in [-0.2, 0) is 6.42 Å². The fraction of sp³-hybridized carbons (Fsp3) is 0.625. The van der Waals surface area contributed by atoms with Gasteiger partial charge in [-0.1, -0.05) is 6.07 Å². The van der Waals surface area contributed by atoms with Gasteiger partial charge in [-0.3, -0.25) is 0 Å². The second kappa shape index (κ2) is 6.46. The van der Waals surface area contributed by atoms with Crippen LogP contribution in [0, 0.1) is 0 Å². The second-order valence-electron chi connectivity index (χ2n) is 6.32. The molecule has 2 rings (SSSR count). The minimum atomic E-state index is -0.522. The fourth-order valence-electron chi connectivity index (χ4n) is 2.09. The Morgan fingerprint density at radius 2 is 2.20 bits per heavy atom. The molecule has 0 radical (unpaired) electrons. The summed E-state index contributed by atoms with van der Waals surface area (Å²) < 4.78 is 11.2. The van der Waals surface area contributed by atoms with Crippen molar-refractivity contribution in [3.63, 3.8) is 0 Å². The van der Waals surface area contributed by atoms with Gasteiger partial charge < -0.3 is 19.9 Å². The van der Waals surface area contributed by atoms with Crippen LogP contribution >= 0.6 is 0 Å². The number of rotatable bonds is 5. The van der Waals surface area contributed by atoms with E-state index in [0.29, 0.717) is 6.54 Å². The summed E-state index contributed by atoms with van der Waals surface area (Å²) in [7, 11) is 0. The molecule has 0 fully saturated rings. The predicted molar refractivity (Wildman–Crippen MR) is 79.5 cm³/mol. The Labute approximate surface area is 121 Å². The molecule has 1 aromatic carbocycles. The summed E-state index contributed by atoms with van der Waals surface area (Å²) in [6.07, 6.45) is 1.61. The largest absolute Gasteiger partial charge is 0.493 e. The molecule has 1 aliphatic rings. The number of nitrogens with one attached hydrogen (secondary N) is 1. The molecule has 0 spiro atoms. The van der Waals surface area contributed by atoms with Crippen molar-refractivity contribution in [2.45, 2.75) is 45.3 Å². The Kier molecular flexibility index (Phi) is 4.89. The predicted octanol–water partition coefficient (Wildman–Crippen LogP) is 2.14. The Morgan fingerprint density at radius 1 is 1.40 bits per heavy atom. The molecule has 20 heavy (non-hydrogen) atoms. The SMILES string of the molecule is CC(C)(C)NCC(O)COc1ccc2c(c1)OCCC2. The van der Waals surface area contributed by atoms with Crippen molar-refractivity contribution in [3.8, 4) is 11.5 Å². The average Bonchev–Trinajstić information content (AvgIpc) is 2.42. The van der Waals surface area contributed by atoms with Gasteiger partial charge in [0.05, 0.1) is 6.61 Å². The van der Waals surface area contributed by atoms with Crippen molar-refractivity contribution in [1.29, 1.82) is 0 Å². The summed E-state index contributed by atoms with van der Waals surface area (Å²) in [6, 6.07) is 5.90. The molecular formula is C16H25NO3. The molecule has 1 unspecified atom stereocenters. The van der Waals surface area contributed by atoms with Crippen molar-refractivity contribution in [3.05, 3.63) is 23.8 Å². The summed E-state index contributed by atoms with van der Waals surface area (Å²) in [5, 5.41) is 13.1. The van der Waals surface area contributed by atoms with Crippen LogP contribution in [0.4, 0.5) is 0 Å². The number of hydrogen-bond acceptors (Lipinski definition) is 4. The monoisotopic (exact) mass is 279 g/mol. The fourth-order valence-corrected chi connectivity index (χ4v) is 2.09. The van der Waals surface area contributed by atoms with Crippen LogP contribution < -0.4 is 14.8 Å². The van der Waals surface area contributed by atoms with Gasteiger partial charge in [-0.15, -0.1) is 0 Å². The van der Waals surface area contributed by atoms with E-state index in [4.69, 9.17) is 9.47 Å². The number of aliphatic hydroxyl groups excluding tert-OH is 1. The maximum Gasteiger partial charge on any atom is 0.126 e. The highest BCUT2D eigenvalue weighted by molar-refractivity contribution is 5.41. The number of ether oxygens (including phenoxy) is 2. The Morgan fingerprint density at radius 3 is 2.95 bits per heavy atom. The molecule has 1 aromatic rings. The lowest BCUT2D eigenvalue weighted by molar-refractivity contribution is 0.0998. The van der Waals surface area contributed by atoms with E-state index < -0.39 is 6.10 Å². The van der Waals surface area contributed by atoms with Crippen LogP contribution in [0.1, 0.15) is 32.8 Å². The van der Waals surface area contributed by atoms with E-state index in [1.807, 2.05) is 18.2 Å². The van der Waals surface area contributed by atoms with Gasteiger partial charge in [0.1, 0.15) is 24.2 Å². The zero-order valence-electron chi connectivity index (χ0n) is 12.6. The number of β-amino-alcohol motifs (C(OH)–C–C–N with tert-alkyl or cyclic N) is 1. The van der Waals surface area contributed by atoms with Crippen LogP contribution in [0.3, 0.4) is 0 Å². The number of fused-ring (bicyclic) bond motifs is 1. The Bertz CT molecular complexity index is 440. The Hall–Kier alpha value is -1.26. The summed E-state index contributed by atoms with van der Waals surface area (Å²) in [4.78, 5) is 0. The van der Waals surface area contributed by atoms with Crippen molar-refractivity contribution in [1.82, 2.24) is 5.32 Å². The summed E-state index contributed by atoms with van der Waals surface area (Å²) in [6.45, 7) is 7.78. The lowest BCUT2D eigenvalue weighted by Crippen LogP contribution is -2.42. The van der Waals surface area contributed by atoms with Gasteiger partial charge in [0.2, 0.25) is 0 Å². The van der Waals surface area contributed by atoms with Crippen molar-refractivity contribution in [2.75, 3.05) is 19.8 Å². The summed E-state index contributed by atoms with van der Waals surface area (Å²) in [5.74, 6) is 1.66. The first-order chi connectivity index (χ1) is 9.44. The van der Waals surface area contributed by atoms with Crippen LogP contribution in [-0.4, -0.2) is 36.5 Å². The van der Waals surface area contributed by atoms with E-state index in [1.165, 1.54) is 5.56 Å². The van der Waals surface area contributed by atoms with E-state index in [0.717, 1.165) is 30.9 Å². The third-order valence-corrected chi connectivity index (χ3v) is 3.20. The van der Waals surface area contributed by atoms with E-state index >= 15 is 0 Å². The summed E-state index contributed by atoms with van der Waals surface area (Å²) in [5.41, 5.74) is 1.24. The zero-order chi connectivity index (χ0) is 14.6. The van der Waals surface area contributed by atoms with Crippen molar-refractivity contribution >= 4 is 0 Å². The third-order valence-electron chi connectivity index (χ3n) is 3.20. The molecular weight excluding hydrogens is 254 g/mol. The first-order valence-electron chi connectivity index (χ1n) is 7.26. The lowest BCUT2D eigenvalue weighted by Gasteiger charge is -2.23. The van der Waals surface area contributed by atoms with Gasteiger partial charge in [0, 0.05) is 18.2 Å². The number of benzene rings is 1. The van der Waals surface area contributed by atoms with Crippen LogP contribution in [0.25, 0.3) is 0 Å². The van der Waals surface area contributed by atoms with E-state index in [-0.39, 0.29) is 12.1 Å². The molecule has 112 valence electrons. The molecule has 1 aliphatic heterocycles. The van der Waals surface area contributed by atoms with Gasteiger partial charge >= 0.3 is 0 Å². The molecule has 0 aliphatic carbocycles. The maximum absolute atomic E-state index is 9.89. The number of aryl methyl sites for hydroxylation is 1. The van der Waals surface area contributed by atoms with Gasteiger partial charge in [0.15, 0.2) is 0 Å². The molecule has 4 heteroatoms. The minimum Gasteiger partial charge on any atom is -0.493 e. The molecule has 0 aromatic heterocycles. The molecule has 0 amide bonds. The average molecular weight is 279 g/mol. The highest BCUT2D eigenvalue weighted by Gasteiger charge is 2.14. The maximum atomic E-state index is 9.89. The van der Waals surface area contributed by atoms with Crippen LogP contribution in [0.15, 0.2) is 18.2 Å². The van der Waals surface area contributed by atoms with Gasteiger partial charge in [-0.2, -0.15) is 0 Å². The molecule has 0 saturated carbocycles. The highest BCUT2D eigenvalue weighted by atomic mass is 16.5. The highest BCUT2D eigenvalue weighted by Crippen LogP contribution is 2.28. The molecule has 4 nitrogen and oxygen atoms in total. The Balaban J connectivity index is 1.81. The smallest absolute Gasteiger partial charge is 0.126 e. The van der Waals surface area contributed by atoms with Gasteiger partial charge in [0.25, 0.3) is 0 Å². The second-order valence-corrected chi connectivity index (χ2v) is 6.32. The van der Waals surface area contributed by atoms with Crippen molar-refractivity contribution < 1.29 is 14.6 Å². The zero-order valence-corrected chi connectivity index (χ0v) is 12.6. The first-order valence-corrected chi connectivity index (χ1v) is 7.26. The van der Waals surface area contributed by atoms with Crippen LogP contribution in [0.5, 0.6) is 11.5 Å². The molecule has 0 bridgehead atoms. The molecule has 2 N–H and O–H groups in total. The van der Waals surface area contributed by atoms with E-state index in [2.05, 4.69) is 26.1 Å². The summed E-state index contributed by atoms with van der Waals surface area (Å²) >= 11 is 0. The quantitative estimate of drug-likeness (QED) is 0.867.